The molecule has 0 saturated carbocycles. The molecule has 11 heteroatoms. The molecule has 0 unspecified atom stereocenters. The van der Waals surface area contributed by atoms with Crippen LogP contribution in [0.5, 0.6) is 0 Å². The molecule has 0 spiro atoms. The Balaban J connectivity index is 1.79. The van der Waals surface area contributed by atoms with Crippen LogP contribution in [0.15, 0.2) is 54.6 Å². The smallest absolute Gasteiger partial charge is 0.381 e. The topological polar surface area (TPSA) is 98.7 Å². The number of amides is 3. The molecule has 3 atom stereocenters. The van der Waals surface area contributed by atoms with Crippen LogP contribution in [0.3, 0.4) is 0 Å². The highest BCUT2D eigenvalue weighted by molar-refractivity contribution is 8.00. The zero-order valence-corrected chi connectivity index (χ0v) is 22.2. The van der Waals surface area contributed by atoms with E-state index >= 15 is 0 Å². The SMILES string of the molecule is Cc1ccccc1CNC(=O)[C@H]1N(C(=O)[C@@H](O)[C@H](Cc2ccccc2)NC(=O)CC(F)(F)F)CSC1(C)C. The predicted octanol–water partition coefficient (Wildman–Crippen LogP) is 3.33. The standard InChI is InChI=1S/C27H32F3N3O4S/c1-17-9-7-8-12-19(17)15-31-24(36)23-26(2,3)38-16-33(23)25(37)22(35)20(13-18-10-5-4-6-11-18)32-21(34)14-27(28,29)30/h4-12,20,22-23,35H,13-16H2,1-3H3,(H,31,36)(H,32,34)/t20-,22-,23+/m0/s1. The number of rotatable bonds is 9. The van der Waals surface area contributed by atoms with Gasteiger partial charge >= 0.3 is 6.18 Å². The largest absolute Gasteiger partial charge is 0.397 e. The van der Waals surface area contributed by atoms with Crippen molar-refractivity contribution in [1.29, 1.82) is 0 Å². The summed E-state index contributed by atoms with van der Waals surface area (Å²) in [5, 5.41) is 16.1. The van der Waals surface area contributed by atoms with E-state index in [1.807, 2.05) is 45.0 Å². The minimum Gasteiger partial charge on any atom is -0.381 e. The molecule has 0 radical (unpaired) electrons. The maximum absolute atomic E-state index is 13.5. The fourth-order valence-corrected chi connectivity index (χ4v) is 5.53. The molecule has 206 valence electrons. The van der Waals surface area contributed by atoms with Gasteiger partial charge in [0, 0.05) is 11.3 Å². The van der Waals surface area contributed by atoms with Crippen molar-refractivity contribution < 1.29 is 32.7 Å². The van der Waals surface area contributed by atoms with Gasteiger partial charge in [0.1, 0.15) is 12.5 Å². The number of aryl methyl sites for hydroxylation is 1. The number of nitrogens with zero attached hydrogens (tertiary/aromatic N) is 1. The van der Waals surface area contributed by atoms with Crippen LogP contribution < -0.4 is 10.6 Å². The Hall–Kier alpha value is -3.05. The summed E-state index contributed by atoms with van der Waals surface area (Å²) < 4.78 is 37.7. The van der Waals surface area contributed by atoms with Gasteiger partial charge < -0.3 is 20.6 Å². The number of hydrogen-bond donors (Lipinski definition) is 3. The number of aliphatic hydroxyl groups is 1. The zero-order valence-electron chi connectivity index (χ0n) is 21.4. The second-order valence-corrected chi connectivity index (χ2v) is 11.4. The monoisotopic (exact) mass is 551 g/mol. The number of nitrogens with one attached hydrogen (secondary N) is 2. The lowest BCUT2D eigenvalue weighted by Crippen LogP contribution is -2.58. The highest BCUT2D eigenvalue weighted by atomic mass is 32.2. The Labute approximate surface area is 224 Å². The number of carbonyl (C=O) groups is 3. The average Bonchev–Trinajstić information content (AvgIpc) is 3.16. The van der Waals surface area contributed by atoms with E-state index in [0.717, 1.165) is 11.1 Å². The lowest BCUT2D eigenvalue weighted by Gasteiger charge is -2.33. The Bertz CT molecular complexity index is 1140. The van der Waals surface area contributed by atoms with Crippen molar-refractivity contribution in [1.82, 2.24) is 15.5 Å². The Morgan fingerprint density at radius 3 is 2.37 bits per heavy atom. The predicted molar refractivity (Wildman–Crippen MR) is 139 cm³/mol. The zero-order chi connectivity index (χ0) is 28.1. The van der Waals surface area contributed by atoms with Gasteiger partial charge in [-0.25, -0.2) is 0 Å². The highest BCUT2D eigenvalue weighted by Crippen LogP contribution is 2.40. The summed E-state index contributed by atoms with van der Waals surface area (Å²) in [5.74, 6) is -2.51. The summed E-state index contributed by atoms with van der Waals surface area (Å²) in [7, 11) is 0. The van der Waals surface area contributed by atoms with Crippen LogP contribution in [0, 0.1) is 6.92 Å². The van der Waals surface area contributed by atoms with E-state index in [0.29, 0.717) is 5.56 Å². The number of thioether (sulfide) groups is 1. The summed E-state index contributed by atoms with van der Waals surface area (Å²) in [5.41, 5.74) is 2.52. The van der Waals surface area contributed by atoms with Crippen LogP contribution in [-0.4, -0.2) is 62.7 Å². The summed E-state index contributed by atoms with van der Waals surface area (Å²) in [6, 6.07) is 13.8. The van der Waals surface area contributed by atoms with E-state index in [1.54, 1.807) is 30.3 Å². The number of aliphatic hydroxyl groups excluding tert-OH is 1. The van der Waals surface area contributed by atoms with Gasteiger partial charge in [0.15, 0.2) is 6.10 Å². The molecule has 2 aromatic rings. The average molecular weight is 552 g/mol. The maximum Gasteiger partial charge on any atom is 0.397 e. The number of halogens is 3. The van der Waals surface area contributed by atoms with Gasteiger partial charge in [-0.2, -0.15) is 13.2 Å². The van der Waals surface area contributed by atoms with Crippen LogP contribution in [0.2, 0.25) is 0 Å². The Morgan fingerprint density at radius 2 is 1.74 bits per heavy atom. The number of benzene rings is 2. The number of alkyl halides is 3. The normalized spacial score (nSPS) is 18.5. The third kappa shape index (κ3) is 7.73. The number of hydrogen-bond acceptors (Lipinski definition) is 5. The quantitative estimate of drug-likeness (QED) is 0.444. The highest BCUT2D eigenvalue weighted by Gasteiger charge is 2.49. The third-order valence-corrected chi connectivity index (χ3v) is 7.81. The molecule has 3 amide bonds. The van der Waals surface area contributed by atoms with E-state index in [1.165, 1.54) is 16.7 Å². The summed E-state index contributed by atoms with van der Waals surface area (Å²) >= 11 is 1.35. The summed E-state index contributed by atoms with van der Waals surface area (Å²) in [6.07, 6.45) is -8.43. The van der Waals surface area contributed by atoms with Crippen LogP contribution >= 0.6 is 11.8 Å². The van der Waals surface area contributed by atoms with Gasteiger partial charge in [-0.15, -0.1) is 11.8 Å². The van der Waals surface area contributed by atoms with Crippen molar-refractivity contribution in [2.24, 2.45) is 0 Å². The molecule has 1 heterocycles. The number of carbonyl (C=O) groups excluding carboxylic acids is 3. The van der Waals surface area contributed by atoms with Crippen molar-refractivity contribution in [2.75, 3.05) is 5.88 Å². The molecule has 3 N–H and O–H groups in total. The minimum absolute atomic E-state index is 0.0775. The van der Waals surface area contributed by atoms with Gasteiger partial charge in [0.2, 0.25) is 11.8 Å². The second kappa shape index (κ2) is 12.2. The van der Waals surface area contributed by atoms with Crippen molar-refractivity contribution in [3.8, 4) is 0 Å². The van der Waals surface area contributed by atoms with E-state index in [2.05, 4.69) is 10.6 Å². The molecule has 0 aliphatic carbocycles. The molecule has 1 fully saturated rings. The molecular formula is C27H32F3N3O4S. The summed E-state index contributed by atoms with van der Waals surface area (Å²) in [6.45, 7) is 5.78. The van der Waals surface area contributed by atoms with E-state index in [4.69, 9.17) is 0 Å². The van der Waals surface area contributed by atoms with E-state index in [-0.39, 0.29) is 18.8 Å². The van der Waals surface area contributed by atoms with Crippen molar-refractivity contribution >= 4 is 29.5 Å². The van der Waals surface area contributed by atoms with Crippen LogP contribution in [0.1, 0.15) is 37.0 Å². The Kier molecular flexibility index (Phi) is 9.48. The first kappa shape index (κ1) is 29.5. The molecule has 1 saturated heterocycles. The van der Waals surface area contributed by atoms with Gasteiger partial charge in [-0.05, 0) is 43.9 Å². The van der Waals surface area contributed by atoms with E-state index < -0.39 is 53.3 Å². The first-order valence-electron chi connectivity index (χ1n) is 12.1. The molecule has 0 bridgehead atoms. The molecule has 38 heavy (non-hydrogen) atoms. The molecule has 1 aliphatic heterocycles. The Morgan fingerprint density at radius 1 is 1.11 bits per heavy atom. The second-order valence-electron chi connectivity index (χ2n) is 9.83. The van der Waals surface area contributed by atoms with Gasteiger partial charge in [-0.3, -0.25) is 14.4 Å². The molecule has 1 aliphatic rings. The molecule has 0 aromatic heterocycles. The van der Waals surface area contributed by atoms with Crippen LogP contribution in [0.25, 0.3) is 0 Å². The first-order valence-corrected chi connectivity index (χ1v) is 13.1. The van der Waals surface area contributed by atoms with Gasteiger partial charge in [-0.1, -0.05) is 54.6 Å². The fraction of sp³-hybridized carbons (Fsp3) is 0.444. The first-order chi connectivity index (χ1) is 17.8. The lowest BCUT2D eigenvalue weighted by atomic mass is 9.97. The van der Waals surface area contributed by atoms with Gasteiger partial charge in [0.25, 0.3) is 5.91 Å². The van der Waals surface area contributed by atoms with Crippen LogP contribution in [-0.2, 0) is 27.3 Å². The third-order valence-electron chi connectivity index (χ3n) is 6.43. The lowest BCUT2D eigenvalue weighted by molar-refractivity contribution is -0.156. The van der Waals surface area contributed by atoms with Crippen LogP contribution in [0.4, 0.5) is 13.2 Å². The molecular weight excluding hydrogens is 519 g/mol. The molecule has 7 nitrogen and oxygen atoms in total. The minimum atomic E-state index is -4.74. The van der Waals surface area contributed by atoms with Crippen molar-refractivity contribution in [3.05, 3.63) is 71.3 Å². The fourth-order valence-electron chi connectivity index (χ4n) is 4.39. The molecule has 2 aromatic carbocycles. The van der Waals surface area contributed by atoms with Gasteiger partial charge in [0.05, 0.1) is 11.9 Å². The summed E-state index contributed by atoms with van der Waals surface area (Å²) in [4.78, 5) is 40.1. The van der Waals surface area contributed by atoms with Crippen molar-refractivity contribution in [3.63, 3.8) is 0 Å². The molecule has 3 rings (SSSR count). The van der Waals surface area contributed by atoms with Crippen molar-refractivity contribution in [2.45, 2.75) is 69.3 Å². The van der Waals surface area contributed by atoms with E-state index in [9.17, 15) is 32.7 Å². The maximum atomic E-state index is 13.5.